The second-order valence-corrected chi connectivity index (χ2v) is 20.1. The molecule has 350 valence electrons. The van der Waals surface area contributed by atoms with E-state index in [0.717, 1.165) is 45.4 Å². The number of amides is 1. The summed E-state index contributed by atoms with van der Waals surface area (Å²) < 4.78 is 2.33. The Morgan fingerprint density at radius 3 is 2.25 bits per heavy atom. The predicted molar refractivity (Wildman–Crippen MR) is 282 cm³/mol. The van der Waals surface area contributed by atoms with Crippen LogP contribution in [0.1, 0.15) is 89.5 Å². The van der Waals surface area contributed by atoms with Gasteiger partial charge in [-0.05, 0) is 122 Å². The standard InChI is InChI=1S/C40H42N2O2.C20H25N3O/c1-39(2)34(41(5)32-25-23-28-16-11-13-18-30(28)37(32)39)20-8-6-9-21-35-40(3,4)38-31-19-14-12-17-29(31)24-26-33(38)42(35)27-15-7-10-22-36(43)44;1-4-23(5-2)20(24)14-9-16-15-7-6-8-17-19(15)13(11-21-17)10-18(16)22(3)12-14/h6,8-9,11-14,16-21,23-26H,7,10,15,22,27H2,1-5H3;6-9,11,14,18,21H,4-5,10,12H2,1-3H3/p+1/t;14-,18-/m.1/s1. The normalized spacial score (nSPS) is 19.7. The maximum Gasteiger partial charge on any atom is 0.303 e. The van der Waals surface area contributed by atoms with Crippen molar-refractivity contribution in [3.8, 4) is 0 Å². The van der Waals surface area contributed by atoms with E-state index < -0.39 is 5.97 Å². The van der Waals surface area contributed by atoms with Crippen LogP contribution in [0.15, 0.2) is 139 Å². The Morgan fingerprint density at radius 1 is 0.824 bits per heavy atom. The molecule has 4 heterocycles. The number of H-pyrrole nitrogens is 1. The van der Waals surface area contributed by atoms with Gasteiger partial charge in [-0.15, -0.1) is 0 Å². The minimum absolute atomic E-state index is 0.0445. The van der Waals surface area contributed by atoms with Crippen LogP contribution in [0.2, 0.25) is 0 Å². The number of aliphatic carboxylic acids is 1. The van der Waals surface area contributed by atoms with Crippen molar-refractivity contribution in [2.24, 2.45) is 5.92 Å². The molecule has 0 saturated carbocycles. The van der Waals surface area contributed by atoms with Crippen molar-refractivity contribution in [2.75, 3.05) is 45.2 Å². The lowest BCUT2D eigenvalue weighted by Crippen LogP contribution is -2.47. The summed E-state index contributed by atoms with van der Waals surface area (Å²) in [6, 6.07) is 33.1. The molecule has 6 aromatic rings. The molecule has 2 N–H and O–H groups in total. The Morgan fingerprint density at radius 2 is 1.53 bits per heavy atom. The molecule has 0 fully saturated rings. The van der Waals surface area contributed by atoms with Crippen molar-refractivity contribution in [1.82, 2.24) is 14.8 Å². The van der Waals surface area contributed by atoms with Crippen molar-refractivity contribution in [2.45, 2.75) is 90.5 Å². The van der Waals surface area contributed by atoms with E-state index in [-0.39, 0.29) is 29.1 Å². The van der Waals surface area contributed by atoms with Gasteiger partial charge in [-0.25, -0.2) is 0 Å². The molecule has 5 aromatic carbocycles. The van der Waals surface area contributed by atoms with Gasteiger partial charge in [0.1, 0.15) is 7.05 Å². The minimum Gasteiger partial charge on any atom is -0.481 e. The first-order valence-electron chi connectivity index (χ1n) is 24.8. The highest BCUT2D eigenvalue weighted by Gasteiger charge is 2.44. The lowest BCUT2D eigenvalue weighted by molar-refractivity contribution is -0.401. The average molecular weight is 907 g/mol. The number of unbranched alkanes of at least 4 members (excludes halogenated alkanes) is 2. The smallest absolute Gasteiger partial charge is 0.303 e. The number of carbonyl (C=O) groups is 2. The highest BCUT2D eigenvalue weighted by atomic mass is 16.4. The molecule has 68 heavy (non-hydrogen) atoms. The Kier molecular flexibility index (Phi) is 12.9. The van der Waals surface area contributed by atoms with Gasteiger partial charge in [-0.1, -0.05) is 111 Å². The topological polar surface area (TPSA) is 82.9 Å². The zero-order valence-electron chi connectivity index (χ0n) is 41.3. The number of carboxylic acid groups (broad SMARTS) is 1. The number of benzene rings is 5. The van der Waals surface area contributed by atoms with E-state index in [1.54, 1.807) is 0 Å². The highest BCUT2D eigenvalue weighted by Crippen LogP contribution is 2.51. The number of anilines is 1. The number of fused-ring (bicyclic) bond motifs is 8. The van der Waals surface area contributed by atoms with Crippen LogP contribution in [-0.4, -0.2) is 88.4 Å². The van der Waals surface area contributed by atoms with Crippen LogP contribution in [-0.2, 0) is 26.8 Å². The monoisotopic (exact) mass is 907 g/mol. The van der Waals surface area contributed by atoms with Gasteiger partial charge < -0.3 is 19.9 Å². The highest BCUT2D eigenvalue weighted by molar-refractivity contribution is 6.08. The molecule has 8 heteroatoms. The molecule has 0 bridgehead atoms. The van der Waals surface area contributed by atoms with E-state index >= 15 is 0 Å². The van der Waals surface area contributed by atoms with Crippen LogP contribution < -0.4 is 4.90 Å². The number of allylic oxidation sites excluding steroid dienone is 6. The summed E-state index contributed by atoms with van der Waals surface area (Å²) >= 11 is 0. The number of carboxylic acids is 1. The van der Waals surface area contributed by atoms with Crippen LogP contribution in [0.25, 0.3) is 38.0 Å². The Balaban J connectivity index is 0.000000202. The first-order chi connectivity index (χ1) is 32.8. The van der Waals surface area contributed by atoms with Gasteiger partial charge in [0.15, 0.2) is 5.71 Å². The van der Waals surface area contributed by atoms with Gasteiger partial charge >= 0.3 is 5.97 Å². The largest absolute Gasteiger partial charge is 0.481 e. The van der Waals surface area contributed by atoms with Crippen LogP contribution in [0.3, 0.4) is 0 Å². The average Bonchev–Trinajstić information content (AvgIpc) is 3.91. The van der Waals surface area contributed by atoms with Crippen molar-refractivity contribution in [1.29, 1.82) is 0 Å². The number of nitrogens with zero attached hydrogens (tertiary/aromatic N) is 4. The van der Waals surface area contributed by atoms with Gasteiger partial charge in [-0.3, -0.25) is 14.5 Å². The molecule has 3 aliphatic heterocycles. The van der Waals surface area contributed by atoms with Gasteiger partial charge in [0.25, 0.3) is 0 Å². The van der Waals surface area contributed by atoms with Crippen molar-refractivity contribution in [3.05, 3.63) is 162 Å². The van der Waals surface area contributed by atoms with E-state index in [9.17, 15) is 9.59 Å². The van der Waals surface area contributed by atoms with Gasteiger partial charge in [0, 0.05) is 90.2 Å². The fraction of sp³-hybridized carbons (Fsp3) is 0.350. The first kappa shape index (κ1) is 46.6. The van der Waals surface area contributed by atoms with E-state index in [0.29, 0.717) is 12.5 Å². The van der Waals surface area contributed by atoms with Crippen molar-refractivity contribution >= 4 is 67.0 Å². The van der Waals surface area contributed by atoms with E-state index in [4.69, 9.17) is 5.11 Å². The zero-order chi connectivity index (χ0) is 47.9. The van der Waals surface area contributed by atoms with E-state index in [2.05, 4.69) is 209 Å². The first-order valence-corrected chi connectivity index (χ1v) is 24.8. The maximum absolute atomic E-state index is 12.9. The van der Waals surface area contributed by atoms with Crippen LogP contribution in [0, 0.1) is 5.92 Å². The molecule has 0 saturated heterocycles. The summed E-state index contributed by atoms with van der Waals surface area (Å²) in [6.07, 6.45) is 19.2. The molecule has 8 nitrogen and oxygen atoms in total. The summed E-state index contributed by atoms with van der Waals surface area (Å²) in [5.74, 6) is -0.507. The Hall–Kier alpha value is -6.51. The second kappa shape index (κ2) is 18.9. The molecule has 1 amide bonds. The summed E-state index contributed by atoms with van der Waals surface area (Å²) in [4.78, 5) is 34.0. The number of rotatable bonds is 12. The van der Waals surface area contributed by atoms with Crippen molar-refractivity contribution < 1.29 is 19.3 Å². The predicted octanol–water partition coefficient (Wildman–Crippen LogP) is 12.3. The molecule has 4 aliphatic rings. The Labute approximate surface area is 402 Å². The third kappa shape index (κ3) is 8.31. The Bertz CT molecular complexity index is 3080. The number of nitrogens with one attached hydrogen (secondary N) is 1. The summed E-state index contributed by atoms with van der Waals surface area (Å²) in [5.41, 5.74) is 12.8. The van der Waals surface area contributed by atoms with Gasteiger partial charge in [0.05, 0.1) is 11.3 Å². The molecular formula is C60H68N5O3+. The van der Waals surface area contributed by atoms with Crippen LogP contribution >= 0.6 is 0 Å². The number of hydrogen-bond donors (Lipinski definition) is 2. The number of aromatic amines is 1. The second-order valence-electron chi connectivity index (χ2n) is 20.1. The summed E-state index contributed by atoms with van der Waals surface area (Å²) in [5, 5.41) is 15.6. The molecule has 2 atom stereocenters. The summed E-state index contributed by atoms with van der Waals surface area (Å²) in [6.45, 7) is 16.6. The number of carbonyl (C=O) groups excluding carboxylic acids is 1. The number of hydrogen-bond acceptors (Lipinski definition) is 4. The molecule has 1 aromatic heterocycles. The third-order valence-electron chi connectivity index (χ3n) is 15.3. The summed E-state index contributed by atoms with van der Waals surface area (Å²) in [7, 11) is 4.32. The molecular weight excluding hydrogens is 839 g/mol. The molecule has 1 aliphatic carbocycles. The fourth-order valence-electron chi connectivity index (χ4n) is 11.9. The quantitative estimate of drug-likeness (QED) is 0.0726. The molecule has 0 radical (unpaired) electrons. The fourth-order valence-corrected chi connectivity index (χ4v) is 11.9. The maximum atomic E-state index is 12.9. The van der Waals surface area contributed by atoms with E-state index in [1.807, 2.05) is 4.90 Å². The zero-order valence-corrected chi connectivity index (χ0v) is 41.3. The number of likely N-dealkylation sites (N-methyl/N-ethyl adjacent to an activating group) is 1. The minimum atomic E-state index is -0.717. The molecule has 0 unspecified atom stereocenters. The van der Waals surface area contributed by atoms with Gasteiger partial charge in [-0.2, -0.15) is 4.58 Å². The molecule has 10 rings (SSSR count). The SMILES string of the molecule is CCN(CC)C(=O)[C@@H]1C=C2c3cccc4[nH]cc(c34)C[C@H]2N(C)C1.C[N+]1=C(C=CC=CC=C2N(CCCCCC(=O)O)c3ccc4ccccc4c3C2(C)C)C(C)(C)c2c1ccc1ccccc21. The molecule has 0 spiro atoms. The number of aromatic nitrogens is 1. The van der Waals surface area contributed by atoms with Crippen molar-refractivity contribution in [3.63, 3.8) is 0 Å². The van der Waals surface area contributed by atoms with Crippen LogP contribution in [0.4, 0.5) is 11.4 Å². The third-order valence-corrected chi connectivity index (χ3v) is 15.3. The van der Waals surface area contributed by atoms with Crippen LogP contribution in [0.5, 0.6) is 0 Å². The van der Waals surface area contributed by atoms with E-state index in [1.165, 1.54) is 83.1 Å². The lowest BCUT2D eigenvalue weighted by Gasteiger charge is -2.40. The van der Waals surface area contributed by atoms with Gasteiger partial charge in [0.2, 0.25) is 11.6 Å². The lowest BCUT2D eigenvalue weighted by atomic mass is 9.79.